The Hall–Kier alpha value is -2.67. The van der Waals surface area contributed by atoms with Crippen LogP contribution in [0.25, 0.3) is 5.52 Å². The number of rotatable bonds is 4. The lowest BCUT2D eigenvalue weighted by Crippen LogP contribution is -2.38. The number of aliphatic carboxylic acids is 1. The molecule has 0 saturated heterocycles. The van der Waals surface area contributed by atoms with Gasteiger partial charge in [-0.2, -0.15) is 0 Å². The SMILES string of the molecule is CN(c1ncc(F)cn1)C1CCc2c(CC(=O)O)c3ccc(Cl)cn3c2C1. The molecule has 0 fully saturated rings. The second kappa shape index (κ2) is 6.81. The minimum atomic E-state index is -0.848. The molecule has 0 aromatic carbocycles. The highest BCUT2D eigenvalue weighted by Gasteiger charge is 2.29. The van der Waals surface area contributed by atoms with Crippen LogP contribution < -0.4 is 4.90 Å². The van der Waals surface area contributed by atoms with Gasteiger partial charge in [0.2, 0.25) is 5.95 Å². The van der Waals surface area contributed by atoms with Gasteiger partial charge in [0.25, 0.3) is 0 Å². The monoisotopic (exact) mass is 388 g/mol. The second-order valence-electron chi connectivity index (χ2n) is 6.79. The molecular formula is C19H18ClFN4O2. The fourth-order valence-corrected chi connectivity index (χ4v) is 4.06. The third-order valence-corrected chi connectivity index (χ3v) is 5.40. The van der Waals surface area contributed by atoms with E-state index < -0.39 is 11.8 Å². The van der Waals surface area contributed by atoms with Crippen molar-refractivity contribution in [3.8, 4) is 0 Å². The Bertz CT molecular complexity index is 1020. The lowest BCUT2D eigenvalue weighted by molar-refractivity contribution is -0.136. The maximum atomic E-state index is 13.1. The minimum Gasteiger partial charge on any atom is -0.481 e. The Kier molecular flexibility index (Phi) is 4.47. The highest BCUT2D eigenvalue weighted by molar-refractivity contribution is 6.30. The van der Waals surface area contributed by atoms with Crippen LogP contribution in [0.15, 0.2) is 30.7 Å². The van der Waals surface area contributed by atoms with Gasteiger partial charge in [-0.3, -0.25) is 4.79 Å². The average molecular weight is 389 g/mol. The summed E-state index contributed by atoms with van der Waals surface area (Å²) in [6.45, 7) is 0. The van der Waals surface area contributed by atoms with Crippen molar-refractivity contribution >= 4 is 29.0 Å². The number of carboxylic acid groups (broad SMARTS) is 1. The second-order valence-corrected chi connectivity index (χ2v) is 7.22. The third-order valence-electron chi connectivity index (χ3n) is 5.18. The number of likely N-dealkylation sites (N-methyl/N-ethyl adjacent to an activating group) is 1. The molecule has 0 bridgehead atoms. The number of fused-ring (bicyclic) bond motifs is 3. The summed E-state index contributed by atoms with van der Waals surface area (Å²) in [5.41, 5.74) is 3.89. The van der Waals surface area contributed by atoms with Crippen molar-refractivity contribution in [1.29, 1.82) is 0 Å². The number of hydrogen-bond donors (Lipinski definition) is 1. The van der Waals surface area contributed by atoms with Crippen LogP contribution in [-0.2, 0) is 24.1 Å². The van der Waals surface area contributed by atoms with Gasteiger partial charge in [-0.25, -0.2) is 14.4 Å². The van der Waals surface area contributed by atoms with Gasteiger partial charge in [-0.15, -0.1) is 0 Å². The Morgan fingerprint density at radius 2 is 2.15 bits per heavy atom. The molecule has 0 aliphatic heterocycles. The summed E-state index contributed by atoms with van der Waals surface area (Å²) >= 11 is 6.18. The molecular weight excluding hydrogens is 371 g/mol. The molecule has 0 radical (unpaired) electrons. The summed E-state index contributed by atoms with van der Waals surface area (Å²) in [6, 6.07) is 3.78. The number of halogens is 2. The molecule has 3 aromatic rings. The fourth-order valence-electron chi connectivity index (χ4n) is 3.90. The quantitative estimate of drug-likeness (QED) is 0.743. The van der Waals surface area contributed by atoms with Crippen molar-refractivity contribution in [2.24, 2.45) is 0 Å². The molecule has 1 N–H and O–H groups in total. The van der Waals surface area contributed by atoms with Crippen molar-refractivity contribution in [2.45, 2.75) is 31.7 Å². The van der Waals surface area contributed by atoms with Gasteiger partial charge in [0.1, 0.15) is 0 Å². The van der Waals surface area contributed by atoms with Gasteiger partial charge in [0.15, 0.2) is 5.82 Å². The van der Waals surface area contributed by atoms with E-state index in [2.05, 4.69) is 9.97 Å². The van der Waals surface area contributed by atoms with Crippen LogP contribution in [-0.4, -0.2) is 38.5 Å². The smallest absolute Gasteiger partial charge is 0.307 e. The standard InChI is InChI=1S/C19H18ClFN4O2/c1-24(19-22-8-12(21)9-23-19)13-3-4-14-15(7-18(26)27)16-5-2-11(20)10-25(16)17(14)6-13/h2,5,8-10,13H,3-4,6-7H2,1H3,(H,26,27). The van der Waals surface area contributed by atoms with Crippen LogP contribution in [0.5, 0.6) is 0 Å². The van der Waals surface area contributed by atoms with E-state index in [-0.39, 0.29) is 12.5 Å². The highest BCUT2D eigenvalue weighted by Crippen LogP contribution is 2.33. The van der Waals surface area contributed by atoms with Crippen molar-refractivity contribution in [1.82, 2.24) is 14.4 Å². The van der Waals surface area contributed by atoms with E-state index in [0.29, 0.717) is 17.4 Å². The molecule has 27 heavy (non-hydrogen) atoms. The summed E-state index contributed by atoms with van der Waals surface area (Å²) in [4.78, 5) is 21.4. The molecule has 1 atom stereocenters. The average Bonchev–Trinajstić information content (AvgIpc) is 2.94. The number of nitrogens with zero attached hydrogens (tertiary/aromatic N) is 4. The van der Waals surface area contributed by atoms with E-state index in [4.69, 9.17) is 11.6 Å². The number of pyridine rings is 1. The van der Waals surface area contributed by atoms with Gasteiger partial charge < -0.3 is 14.4 Å². The molecule has 1 aliphatic carbocycles. The Balaban J connectivity index is 1.73. The first-order chi connectivity index (χ1) is 12.9. The molecule has 140 valence electrons. The summed E-state index contributed by atoms with van der Waals surface area (Å²) in [7, 11) is 1.89. The Morgan fingerprint density at radius 3 is 2.85 bits per heavy atom. The summed E-state index contributed by atoms with van der Waals surface area (Å²) < 4.78 is 15.1. The number of carbonyl (C=O) groups is 1. The van der Waals surface area contributed by atoms with Crippen molar-refractivity contribution < 1.29 is 14.3 Å². The van der Waals surface area contributed by atoms with Crippen LogP contribution in [0.1, 0.15) is 23.2 Å². The minimum absolute atomic E-state index is 0.0119. The van der Waals surface area contributed by atoms with Crippen LogP contribution in [0.4, 0.5) is 10.3 Å². The first kappa shape index (κ1) is 17.7. The van der Waals surface area contributed by atoms with Crippen molar-refractivity contribution in [2.75, 3.05) is 11.9 Å². The zero-order valence-corrected chi connectivity index (χ0v) is 15.4. The predicted molar refractivity (Wildman–Crippen MR) is 100.0 cm³/mol. The lowest BCUT2D eigenvalue weighted by atomic mass is 9.89. The van der Waals surface area contributed by atoms with Crippen molar-refractivity contribution in [3.05, 3.63) is 58.4 Å². The van der Waals surface area contributed by atoms with E-state index in [0.717, 1.165) is 47.6 Å². The van der Waals surface area contributed by atoms with Crippen LogP contribution in [0.3, 0.4) is 0 Å². The van der Waals surface area contributed by atoms with Gasteiger partial charge in [-0.1, -0.05) is 11.6 Å². The molecule has 3 heterocycles. The van der Waals surface area contributed by atoms with E-state index >= 15 is 0 Å². The van der Waals surface area contributed by atoms with E-state index in [1.54, 1.807) is 6.07 Å². The lowest BCUT2D eigenvalue weighted by Gasteiger charge is -2.31. The Labute approximate surface area is 160 Å². The maximum absolute atomic E-state index is 13.1. The highest BCUT2D eigenvalue weighted by atomic mass is 35.5. The molecule has 4 rings (SSSR count). The molecule has 3 aromatic heterocycles. The van der Waals surface area contributed by atoms with Gasteiger partial charge in [0.05, 0.1) is 23.8 Å². The summed E-state index contributed by atoms with van der Waals surface area (Å²) in [6.07, 6.45) is 6.43. The van der Waals surface area contributed by atoms with Gasteiger partial charge >= 0.3 is 5.97 Å². The molecule has 0 saturated carbocycles. The number of hydrogen-bond acceptors (Lipinski definition) is 4. The largest absolute Gasteiger partial charge is 0.481 e. The van der Waals surface area contributed by atoms with Gasteiger partial charge in [-0.05, 0) is 36.1 Å². The van der Waals surface area contributed by atoms with Gasteiger partial charge in [0, 0.05) is 36.9 Å². The topological polar surface area (TPSA) is 70.7 Å². The molecule has 1 aliphatic rings. The summed E-state index contributed by atoms with van der Waals surface area (Å²) in [5, 5.41) is 9.92. The fraction of sp³-hybridized carbons (Fsp3) is 0.316. The molecule has 1 unspecified atom stereocenters. The van der Waals surface area contributed by atoms with Crippen LogP contribution >= 0.6 is 11.6 Å². The van der Waals surface area contributed by atoms with E-state index in [9.17, 15) is 14.3 Å². The predicted octanol–water partition coefficient (Wildman–Crippen LogP) is 3.14. The maximum Gasteiger partial charge on any atom is 0.307 e. The van der Waals surface area contributed by atoms with Crippen molar-refractivity contribution in [3.63, 3.8) is 0 Å². The first-order valence-corrected chi connectivity index (χ1v) is 9.04. The molecule has 8 heteroatoms. The van der Waals surface area contributed by atoms with Crippen LogP contribution in [0, 0.1) is 5.82 Å². The number of anilines is 1. The van der Waals surface area contributed by atoms with Crippen LogP contribution in [0.2, 0.25) is 5.02 Å². The van der Waals surface area contributed by atoms with E-state index in [1.807, 2.05) is 28.6 Å². The number of carboxylic acids is 1. The third kappa shape index (κ3) is 3.23. The Morgan fingerprint density at radius 1 is 1.41 bits per heavy atom. The molecule has 6 nitrogen and oxygen atoms in total. The zero-order chi connectivity index (χ0) is 19.1. The normalized spacial score (nSPS) is 16.3. The first-order valence-electron chi connectivity index (χ1n) is 8.66. The van der Waals surface area contributed by atoms with E-state index in [1.165, 1.54) is 0 Å². The summed E-state index contributed by atoms with van der Waals surface area (Å²) in [5.74, 6) is -0.850. The molecule has 0 spiro atoms. The molecule has 0 amide bonds. The number of aromatic nitrogens is 3. The zero-order valence-electron chi connectivity index (χ0n) is 14.7.